The van der Waals surface area contributed by atoms with E-state index in [1.54, 1.807) is 26.1 Å². The van der Waals surface area contributed by atoms with Crippen molar-refractivity contribution in [2.75, 3.05) is 50.0 Å². The Morgan fingerprint density at radius 3 is 2.55 bits per heavy atom. The molecule has 9 nitrogen and oxygen atoms in total. The zero-order chi connectivity index (χ0) is 22.4. The number of halogens is 1. The maximum absolute atomic E-state index is 14.8. The van der Waals surface area contributed by atoms with Crippen LogP contribution < -0.4 is 20.9 Å². The van der Waals surface area contributed by atoms with Gasteiger partial charge in [0, 0.05) is 58.1 Å². The van der Waals surface area contributed by atoms with Crippen LogP contribution in [0.1, 0.15) is 28.7 Å². The molecular formula is C21H28FN7O2. The van der Waals surface area contributed by atoms with E-state index < -0.39 is 11.8 Å². The molecule has 0 spiro atoms. The lowest BCUT2D eigenvalue weighted by Crippen LogP contribution is -2.46. The molecule has 3 N–H and O–H groups in total. The van der Waals surface area contributed by atoms with Gasteiger partial charge in [0.25, 0.3) is 5.91 Å². The van der Waals surface area contributed by atoms with Crippen LogP contribution in [0.3, 0.4) is 0 Å². The fourth-order valence-electron chi connectivity index (χ4n) is 3.54. The molecule has 0 bridgehead atoms. The molecule has 1 saturated heterocycles. The van der Waals surface area contributed by atoms with Gasteiger partial charge in [-0.1, -0.05) is 0 Å². The second kappa shape index (κ2) is 10.2. The maximum atomic E-state index is 14.8. The summed E-state index contributed by atoms with van der Waals surface area (Å²) in [4.78, 5) is 36.1. The van der Waals surface area contributed by atoms with Gasteiger partial charge in [0.1, 0.15) is 5.69 Å². The van der Waals surface area contributed by atoms with Crippen molar-refractivity contribution in [3.8, 4) is 0 Å². The Labute approximate surface area is 181 Å². The van der Waals surface area contributed by atoms with Gasteiger partial charge < -0.3 is 15.5 Å². The minimum atomic E-state index is -0.513. The van der Waals surface area contributed by atoms with Gasteiger partial charge in [0.2, 0.25) is 0 Å². The fraction of sp³-hybridized carbons (Fsp3) is 0.429. The molecule has 1 aliphatic rings. The second-order valence-corrected chi connectivity index (χ2v) is 7.26. The number of carbonyl (C=O) groups is 2. The Hall–Kier alpha value is -3.27. The van der Waals surface area contributed by atoms with Gasteiger partial charge in [0.15, 0.2) is 11.6 Å². The molecule has 3 amide bonds. The number of nitrogens with zero attached hydrogens (tertiary/aromatic N) is 4. The summed E-state index contributed by atoms with van der Waals surface area (Å²) in [6, 6.07) is 4.80. The van der Waals surface area contributed by atoms with E-state index in [2.05, 4.69) is 35.7 Å². The molecule has 0 aromatic carbocycles. The molecule has 2 aromatic rings. The highest BCUT2D eigenvalue weighted by molar-refractivity contribution is 5.92. The highest BCUT2D eigenvalue weighted by Crippen LogP contribution is 2.22. The molecule has 0 radical (unpaired) electrons. The monoisotopic (exact) mass is 429 g/mol. The van der Waals surface area contributed by atoms with E-state index in [9.17, 15) is 14.0 Å². The average Bonchev–Trinajstić information content (AvgIpc) is 2.76. The van der Waals surface area contributed by atoms with Crippen LogP contribution in [-0.4, -0.2) is 66.6 Å². The molecule has 0 unspecified atom stereocenters. The van der Waals surface area contributed by atoms with Crippen molar-refractivity contribution in [3.05, 3.63) is 47.2 Å². The fourth-order valence-corrected chi connectivity index (χ4v) is 3.54. The zero-order valence-corrected chi connectivity index (χ0v) is 18.0. The first-order valence-electron chi connectivity index (χ1n) is 10.3. The lowest BCUT2D eigenvalue weighted by Gasteiger charge is -2.36. The lowest BCUT2D eigenvalue weighted by molar-refractivity contribution is 0.0958. The maximum Gasteiger partial charge on any atom is 0.320 e. The van der Waals surface area contributed by atoms with Crippen LogP contribution in [0.2, 0.25) is 0 Å². The van der Waals surface area contributed by atoms with E-state index in [0.717, 1.165) is 37.6 Å². The Bertz CT molecular complexity index is 945. The molecule has 10 heteroatoms. The number of hydrogen-bond acceptors (Lipinski definition) is 6. The number of amides is 3. The number of pyridine rings is 2. The third-order valence-corrected chi connectivity index (χ3v) is 5.16. The molecule has 0 aliphatic carbocycles. The largest absolute Gasteiger partial charge is 0.368 e. The molecule has 3 rings (SSSR count). The van der Waals surface area contributed by atoms with E-state index >= 15 is 0 Å². The molecule has 31 heavy (non-hydrogen) atoms. The van der Waals surface area contributed by atoms with Crippen molar-refractivity contribution in [3.63, 3.8) is 0 Å². The highest BCUT2D eigenvalue weighted by Gasteiger charge is 2.21. The van der Waals surface area contributed by atoms with E-state index in [-0.39, 0.29) is 11.7 Å². The van der Waals surface area contributed by atoms with Crippen molar-refractivity contribution in [2.24, 2.45) is 0 Å². The first-order valence-corrected chi connectivity index (χ1v) is 10.3. The predicted molar refractivity (Wildman–Crippen MR) is 117 cm³/mol. The Balaban J connectivity index is 1.61. The van der Waals surface area contributed by atoms with Crippen molar-refractivity contribution in [2.45, 2.75) is 20.4 Å². The van der Waals surface area contributed by atoms with Crippen molar-refractivity contribution >= 4 is 23.4 Å². The Morgan fingerprint density at radius 2 is 1.90 bits per heavy atom. The first-order chi connectivity index (χ1) is 14.9. The van der Waals surface area contributed by atoms with Crippen molar-refractivity contribution in [1.29, 1.82) is 0 Å². The second-order valence-electron chi connectivity index (χ2n) is 7.26. The summed E-state index contributed by atoms with van der Waals surface area (Å²) in [5.41, 5.74) is 2.68. The molecule has 1 aliphatic heterocycles. The number of anilines is 2. The Kier molecular flexibility index (Phi) is 7.35. The van der Waals surface area contributed by atoms with Crippen LogP contribution in [0.4, 0.5) is 20.7 Å². The highest BCUT2D eigenvalue weighted by atomic mass is 19.1. The molecule has 1 fully saturated rings. The minimum absolute atomic E-state index is 0.0695. The van der Waals surface area contributed by atoms with Crippen LogP contribution in [-0.2, 0) is 6.54 Å². The van der Waals surface area contributed by atoms with Crippen LogP contribution in [0.25, 0.3) is 0 Å². The van der Waals surface area contributed by atoms with Crippen molar-refractivity contribution < 1.29 is 14.0 Å². The summed E-state index contributed by atoms with van der Waals surface area (Å²) in [5, 5.41) is 7.58. The normalized spacial score (nSPS) is 14.3. The molecule has 0 saturated carbocycles. The molecule has 0 atom stereocenters. The molecule has 2 aromatic heterocycles. The van der Waals surface area contributed by atoms with Crippen molar-refractivity contribution in [1.82, 2.24) is 25.5 Å². The van der Waals surface area contributed by atoms with Crippen LogP contribution in [0, 0.1) is 12.7 Å². The molecular weight excluding hydrogens is 401 g/mol. The minimum Gasteiger partial charge on any atom is -0.368 e. The number of aryl methyl sites for hydroxylation is 1. The smallest absolute Gasteiger partial charge is 0.320 e. The number of rotatable bonds is 6. The van der Waals surface area contributed by atoms with E-state index in [0.29, 0.717) is 24.3 Å². The van der Waals surface area contributed by atoms with Crippen LogP contribution >= 0.6 is 0 Å². The summed E-state index contributed by atoms with van der Waals surface area (Å²) in [6.45, 7) is 7.57. The van der Waals surface area contributed by atoms with Gasteiger partial charge in [-0.15, -0.1) is 0 Å². The standard InChI is InChI=1S/C21H28FN7O2/c1-4-24-21(31)27-19-18(22)15(7-8-25-19)13-28-9-11-29(12-10-28)17-6-5-16(20(30)23-3)26-14(17)2/h5-8H,4,9-13H2,1-3H3,(H,23,30)(H2,24,25,27,31). The number of urea groups is 1. The summed E-state index contributed by atoms with van der Waals surface area (Å²) >= 11 is 0. The Morgan fingerprint density at radius 1 is 1.16 bits per heavy atom. The van der Waals surface area contributed by atoms with Gasteiger partial charge >= 0.3 is 6.03 Å². The van der Waals surface area contributed by atoms with Gasteiger partial charge in [-0.05, 0) is 32.0 Å². The number of aromatic nitrogens is 2. The summed E-state index contributed by atoms with van der Waals surface area (Å²) < 4.78 is 14.8. The zero-order valence-electron chi connectivity index (χ0n) is 18.0. The summed E-state index contributed by atoms with van der Waals surface area (Å²) in [5.74, 6) is -0.791. The molecule has 166 valence electrons. The van der Waals surface area contributed by atoms with Gasteiger partial charge in [-0.3, -0.25) is 15.0 Å². The predicted octanol–water partition coefficient (Wildman–Crippen LogP) is 1.75. The quantitative estimate of drug-likeness (QED) is 0.647. The van der Waals surface area contributed by atoms with Crippen LogP contribution in [0.5, 0.6) is 0 Å². The first kappa shape index (κ1) is 22.4. The van der Waals surface area contributed by atoms with E-state index in [4.69, 9.17) is 0 Å². The molecule has 3 heterocycles. The average molecular weight is 430 g/mol. The third-order valence-electron chi connectivity index (χ3n) is 5.16. The van der Waals surface area contributed by atoms with Gasteiger partial charge in [0.05, 0.1) is 11.4 Å². The summed E-state index contributed by atoms with van der Waals surface area (Å²) in [6.07, 6.45) is 1.50. The number of hydrogen-bond donors (Lipinski definition) is 3. The number of carbonyl (C=O) groups excluding carboxylic acids is 2. The number of piperazine rings is 1. The van der Waals surface area contributed by atoms with Crippen LogP contribution in [0.15, 0.2) is 24.4 Å². The SMILES string of the molecule is CCNC(=O)Nc1nccc(CN2CCN(c3ccc(C(=O)NC)nc3C)CC2)c1F. The van der Waals surface area contributed by atoms with E-state index in [1.165, 1.54) is 6.20 Å². The topological polar surface area (TPSA) is 102 Å². The van der Waals surface area contributed by atoms with Gasteiger partial charge in [-0.2, -0.15) is 0 Å². The lowest BCUT2D eigenvalue weighted by atomic mass is 10.2. The van der Waals surface area contributed by atoms with Gasteiger partial charge in [-0.25, -0.2) is 19.2 Å². The number of nitrogens with one attached hydrogen (secondary N) is 3. The summed E-state index contributed by atoms with van der Waals surface area (Å²) in [7, 11) is 1.58. The van der Waals surface area contributed by atoms with E-state index in [1.807, 2.05) is 13.0 Å². The third kappa shape index (κ3) is 5.46.